The smallest absolute Gasteiger partial charge is 0.305 e. The number of hydrogen-bond donors (Lipinski definition) is 2. The number of carbonyl (C=O) groups is 1. The van der Waals surface area contributed by atoms with E-state index >= 15 is 0 Å². The molecule has 1 aliphatic rings. The van der Waals surface area contributed by atoms with Crippen molar-refractivity contribution in [3.63, 3.8) is 0 Å². The quantitative estimate of drug-likeness (QED) is 0.292. The second-order valence-corrected chi connectivity index (χ2v) is 7.78. The van der Waals surface area contributed by atoms with Crippen LogP contribution in [0.25, 0.3) is 0 Å². The summed E-state index contributed by atoms with van der Waals surface area (Å²) >= 11 is 0. The lowest BCUT2D eigenvalue weighted by molar-refractivity contribution is -0.140. The Bertz CT molecular complexity index is 736. The molecule has 1 aromatic rings. The van der Waals surface area contributed by atoms with Crippen LogP contribution in [0, 0.1) is 11.8 Å². The van der Waals surface area contributed by atoms with Gasteiger partial charge in [0.2, 0.25) is 0 Å². The number of benzene rings is 1. The maximum absolute atomic E-state index is 14.4. The highest BCUT2D eigenvalue weighted by Crippen LogP contribution is 2.38. The average Bonchev–Trinajstić information content (AvgIpc) is 3.05. The fraction of sp³-hybridized carbons (Fsp3) is 0.542. The molecule has 0 radical (unpaired) electrons. The zero-order valence-corrected chi connectivity index (χ0v) is 17.8. The third-order valence-corrected chi connectivity index (χ3v) is 5.46. The molecule has 0 saturated heterocycles. The van der Waals surface area contributed by atoms with Crippen molar-refractivity contribution in [1.82, 2.24) is 0 Å². The molecule has 1 aliphatic carbocycles. The molecule has 1 saturated carbocycles. The monoisotopic (exact) mass is 438 g/mol. The number of hydrogen-bond acceptors (Lipinski definition) is 5. The van der Waals surface area contributed by atoms with Crippen molar-refractivity contribution in [3.8, 4) is 5.75 Å². The van der Waals surface area contributed by atoms with E-state index in [0.717, 1.165) is 0 Å². The summed E-state index contributed by atoms with van der Waals surface area (Å²) in [7, 11) is 1.36. The molecule has 2 N–H and O–H groups in total. The summed E-state index contributed by atoms with van der Waals surface area (Å²) in [6.07, 6.45) is 6.36. The number of halogens is 2. The number of aliphatic hydroxyl groups is 2. The van der Waals surface area contributed by atoms with Crippen molar-refractivity contribution < 1.29 is 33.3 Å². The minimum absolute atomic E-state index is 0.0385. The number of alkyl halides is 2. The first-order valence-electron chi connectivity index (χ1n) is 10.6. The number of carbonyl (C=O) groups excluding carboxylic acids is 1. The van der Waals surface area contributed by atoms with E-state index in [9.17, 15) is 23.8 Å². The van der Waals surface area contributed by atoms with Gasteiger partial charge in [0.05, 0.1) is 13.2 Å². The second-order valence-electron chi connectivity index (χ2n) is 7.78. The summed E-state index contributed by atoms with van der Waals surface area (Å²) in [6, 6.07) is 6.56. The zero-order valence-electron chi connectivity index (χ0n) is 17.8. The third-order valence-electron chi connectivity index (χ3n) is 5.46. The molecule has 0 spiro atoms. The standard InChI is InChI=1S/C24H32F2O5/c1-30-24(29)10-5-3-2-4-9-21-20(22(26)14-23(21)28)12-11-18(27)16-31-19-8-6-7-17(13-19)15-25/h2,4,6-8,11-13,18,20-23,27-28H,3,5,9-10,14-16H2,1H3/b4-2+,12-11+. The molecule has 0 amide bonds. The zero-order chi connectivity index (χ0) is 22.6. The SMILES string of the molecule is COC(=O)CCC/C=C/CC1C(O)CC(F)C1/C=C/C(O)COc1cccc(CF)c1. The number of methoxy groups -OCH3 is 1. The maximum atomic E-state index is 14.4. The van der Waals surface area contributed by atoms with Gasteiger partial charge in [0.15, 0.2) is 0 Å². The predicted octanol–water partition coefficient (Wildman–Crippen LogP) is 4.08. The molecule has 5 unspecified atom stereocenters. The molecule has 5 nitrogen and oxygen atoms in total. The highest BCUT2D eigenvalue weighted by Gasteiger charge is 2.40. The van der Waals surface area contributed by atoms with Gasteiger partial charge in [-0.15, -0.1) is 0 Å². The summed E-state index contributed by atoms with van der Waals surface area (Å²) in [5, 5.41) is 20.4. The van der Waals surface area contributed by atoms with Gasteiger partial charge in [-0.1, -0.05) is 36.4 Å². The van der Waals surface area contributed by atoms with Gasteiger partial charge in [-0.25, -0.2) is 8.78 Å². The number of unbranched alkanes of at least 4 members (excludes halogenated alkanes) is 1. The van der Waals surface area contributed by atoms with E-state index in [1.807, 2.05) is 12.2 Å². The average molecular weight is 439 g/mol. The van der Waals surface area contributed by atoms with Crippen molar-refractivity contribution in [2.75, 3.05) is 13.7 Å². The molecular formula is C24H32F2O5. The molecule has 1 fully saturated rings. The number of allylic oxidation sites excluding steroid dienone is 3. The molecule has 0 aliphatic heterocycles. The van der Waals surface area contributed by atoms with Crippen LogP contribution in [0.15, 0.2) is 48.6 Å². The molecule has 31 heavy (non-hydrogen) atoms. The minimum atomic E-state index is -1.18. The Morgan fingerprint density at radius 1 is 1.35 bits per heavy atom. The normalized spacial score (nSPS) is 24.7. The lowest BCUT2D eigenvalue weighted by Crippen LogP contribution is -2.20. The number of rotatable bonds is 12. The van der Waals surface area contributed by atoms with Crippen LogP contribution in [0.1, 0.15) is 37.7 Å². The van der Waals surface area contributed by atoms with Crippen molar-refractivity contribution in [2.24, 2.45) is 11.8 Å². The van der Waals surface area contributed by atoms with Crippen LogP contribution in [0.4, 0.5) is 8.78 Å². The fourth-order valence-corrected chi connectivity index (χ4v) is 3.71. The molecule has 1 aromatic carbocycles. The largest absolute Gasteiger partial charge is 0.491 e. The topological polar surface area (TPSA) is 76.0 Å². The van der Waals surface area contributed by atoms with Gasteiger partial charge >= 0.3 is 5.97 Å². The summed E-state index contributed by atoms with van der Waals surface area (Å²) in [5.74, 6) is -0.572. The summed E-state index contributed by atoms with van der Waals surface area (Å²) < 4.78 is 37.2. The van der Waals surface area contributed by atoms with Gasteiger partial charge in [0, 0.05) is 18.8 Å². The second kappa shape index (κ2) is 13.2. The van der Waals surface area contributed by atoms with Crippen LogP contribution in [0.5, 0.6) is 5.75 Å². The van der Waals surface area contributed by atoms with Crippen LogP contribution in [-0.4, -0.2) is 48.3 Å². The maximum Gasteiger partial charge on any atom is 0.305 e. The van der Waals surface area contributed by atoms with Gasteiger partial charge in [-0.2, -0.15) is 0 Å². The molecule has 0 aromatic heterocycles. The third kappa shape index (κ3) is 8.42. The first-order valence-corrected chi connectivity index (χ1v) is 10.6. The van der Waals surface area contributed by atoms with Crippen molar-refractivity contribution >= 4 is 5.97 Å². The van der Waals surface area contributed by atoms with E-state index in [1.54, 1.807) is 30.3 Å². The van der Waals surface area contributed by atoms with E-state index in [0.29, 0.717) is 37.0 Å². The Morgan fingerprint density at radius 3 is 2.90 bits per heavy atom. The highest BCUT2D eigenvalue weighted by molar-refractivity contribution is 5.69. The Morgan fingerprint density at radius 2 is 2.16 bits per heavy atom. The van der Waals surface area contributed by atoms with E-state index in [4.69, 9.17) is 4.74 Å². The first-order chi connectivity index (χ1) is 14.9. The molecule has 5 atom stereocenters. The van der Waals surface area contributed by atoms with E-state index in [-0.39, 0.29) is 24.9 Å². The number of aliphatic hydroxyl groups excluding tert-OH is 2. The Kier molecular flexibility index (Phi) is 10.7. The summed E-state index contributed by atoms with van der Waals surface area (Å²) in [5.41, 5.74) is 0.490. The van der Waals surface area contributed by atoms with Crippen LogP contribution in [0.2, 0.25) is 0 Å². The lowest BCUT2D eigenvalue weighted by atomic mass is 9.90. The van der Waals surface area contributed by atoms with Crippen LogP contribution < -0.4 is 4.74 Å². The van der Waals surface area contributed by atoms with Crippen LogP contribution in [-0.2, 0) is 16.2 Å². The van der Waals surface area contributed by atoms with Crippen LogP contribution >= 0.6 is 0 Å². The van der Waals surface area contributed by atoms with Gasteiger partial charge in [0.25, 0.3) is 0 Å². The van der Waals surface area contributed by atoms with Gasteiger partial charge in [0.1, 0.15) is 31.3 Å². The molecule has 172 valence electrons. The molecular weight excluding hydrogens is 406 g/mol. The molecule has 0 heterocycles. The lowest BCUT2D eigenvalue weighted by Gasteiger charge is -2.19. The van der Waals surface area contributed by atoms with E-state index < -0.39 is 31.0 Å². The first kappa shape index (κ1) is 25.0. The number of ether oxygens (including phenoxy) is 2. The molecule has 2 rings (SSSR count). The summed E-state index contributed by atoms with van der Waals surface area (Å²) in [4.78, 5) is 11.1. The van der Waals surface area contributed by atoms with Gasteiger partial charge < -0.3 is 19.7 Å². The Balaban J connectivity index is 1.82. The summed E-state index contributed by atoms with van der Waals surface area (Å²) in [6.45, 7) is -0.633. The van der Waals surface area contributed by atoms with E-state index in [1.165, 1.54) is 13.2 Å². The fourth-order valence-electron chi connectivity index (χ4n) is 3.71. The van der Waals surface area contributed by atoms with Crippen molar-refractivity contribution in [3.05, 3.63) is 54.1 Å². The Hall–Kier alpha value is -2.25. The molecule has 7 heteroatoms. The van der Waals surface area contributed by atoms with E-state index in [2.05, 4.69) is 4.74 Å². The highest BCUT2D eigenvalue weighted by atomic mass is 19.1. The van der Waals surface area contributed by atoms with Gasteiger partial charge in [-0.05, 0) is 42.9 Å². The van der Waals surface area contributed by atoms with Crippen molar-refractivity contribution in [1.29, 1.82) is 0 Å². The van der Waals surface area contributed by atoms with Crippen LogP contribution in [0.3, 0.4) is 0 Å². The van der Waals surface area contributed by atoms with Gasteiger partial charge in [-0.3, -0.25) is 4.79 Å². The molecule has 0 bridgehead atoms. The predicted molar refractivity (Wildman–Crippen MR) is 114 cm³/mol. The Labute approximate surface area is 182 Å². The number of esters is 1. The van der Waals surface area contributed by atoms with Crippen molar-refractivity contribution in [2.45, 2.75) is 57.2 Å². The minimum Gasteiger partial charge on any atom is -0.491 e.